The molecular formula is C20H30N2O2. The van der Waals surface area contributed by atoms with E-state index in [9.17, 15) is 0 Å². The van der Waals surface area contributed by atoms with Gasteiger partial charge in [0.1, 0.15) is 5.75 Å². The molecule has 4 nitrogen and oxygen atoms in total. The van der Waals surface area contributed by atoms with Gasteiger partial charge in [0.25, 0.3) is 0 Å². The van der Waals surface area contributed by atoms with Crippen LogP contribution in [0.1, 0.15) is 25.8 Å². The van der Waals surface area contributed by atoms with Gasteiger partial charge in [-0.25, -0.2) is 0 Å². The maximum absolute atomic E-state index is 5.53. The summed E-state index contributed by atoms with van der Waals surface area (Å²) in [5.74, 6) is 1.64. The Morgan fingerprint density at radius 3 is 2.58 bits per heavy atom. The highest BCUT2D eigenvalue weighted by molar-refractivity contribution is 5.51. The molecule has 24 heavy (non-hydrogen) atoms. The van der Waals surface area contributed by atoms with E-state index >= 15 is 0 Å². The predicted octanol–water partition coefficient (Wildman–Crippen LogP) is 2.80. The quantitative estimate of drug-likeness (QED) is 0.781. The second-order valence-corrected chi connectivity index (χ2v) is 7.20. The van der Waals surface area contributed by atoms with E-state index in [-0.39, 0.29) is 0 Å². The van der Waals surface area contributed by atoms with Crippen LogP contribution in [0.25, 0.3) is 6.08 Å². The number of nitrogens with zero attached hydrogens (tertiary/aromatic N) is 1. The van der Waals surface area contributed by atoms with Crippen molar-refractivity contribution in [3.05, 3.63) is 35.9 Å². The topological polar surface area (TPSA) is 43.6 Å². The highest BCUT2D eigenvalue weighted by atomic mass is 16.5. The minimum Gasteiger partial charge on any atom is -0.497 e. The molecule has 0 amide bonds. The number of benzene rings is 1. The largest absolute Gasteiger partial charge is 0.497 e. The van der Waals surface area contributed by atoms with Crippen LogP contribution >= 0.6 is 0 Å². The number of nitrogens with one attached hydrogen (secondary N) is 1. The van der Waals surface area contributed by atoms with Gasteiger partial charge in [-0.15, -0.1) is 0 Å². The smallest absolute Gasteiger partial charge is 0.118 e. The van der Waals surface area contributed by atoms with Gasteiger partial charge in [0.05, 0.1) is 20.3 Å². The fourth-order valence-corrected chi connectivity index (χ4v) is 3.52. The van der Waals surface area contributed by atoms with Gasteiger partial charge in [-0.05, 0) is 30.0 Å². The molecule has 2 fully saturated rings. The van der Waals surface area contributed by atoms with Crippen LogP contribution < -0.4 is 10.1 Å². The van der Waals surface area contributed by atoms with Crippen LogP contribution in [0.2, 0.25) is 0 Å². The standard InChI is InChI=1S/C20H30N2O2/c1-15(2)14-18-20(21-18)19(22-10-12-24-13-11-22)9-6-16-4-7-17(23-3)8-5-16/h4-9,15,18-21H,10-14H2,1-3H3/b9-6+. The van der Waals surface area contributed by atoms with E-state index in [1.807, 2.05) is 12.1 Å². The van der Waals surface area contributed by atoms with Crippen molar-refractivity contribution in [1.82, 2.24) is 10.2 Å². The van der Waals surface area contributed by atoms with Crippen molar-refractivity contribution in [3.63, 3.8) is 0 Å². The summed E-state index contributed by atoms with van der Waals surface area (Å²) in [7, 11) is 1.70. The van der Waals surface area contributed by atoms with E-state index in [1.54, 1.807) is 7.11 Å². The molecule has 0 radical (unpaired) electrons. The first-order valence-corrected chi connectivity index (χ1v) is 9.07. The van der Waals surface area contributed by atoms with Gasteiger partial charge in [0.15, 0.2) is 0 Å². The zero-order valence-electron chi connectivity index (χ0n) is 15.1. The lowest BCUT2D eigenvalue weighted by Gasteiger charge is -2.32. The van der Waals surface area contributed by atoms with Crippen LogP contribution in [0.15, 0.2) is 30.3 Å². The van der Waals surface area contributed by atoms with Gasteiger partial charge in [0, 0.05) is 31.2 Å². The summed E-state index contributed by atoms with van der Waals surface area (Å²) in [6.45, 7) is 8.32. The second kappa shape index (κ2) is 8.15. The van der Waals surface area contributed by atoms with Gasteiger partial charge in [-0.1, -0.05) is 38.1 Å². The van der Waals surface area contributed by atoms with E-state index in [0.29, 0.717) is 18.1 Å². The van der Waals surface area contributed by atoms with E-state index in [2.05, 4.69) is 48.3 Å². The van der Waals surface area contributed by atoms with Crippen LogP contribution in [0.4, 0.5) is 0 Å². The van der Waals surface area contributed by atoms with Crippen LogP contribution in [-0.2, 0) is 4.74 Å². The maximum Gasteiger partial charge on any atom is 0.118 e. The summed E-state index contributed by atoms with van der Waals surface area (Å²) in [5.41, 5.74) is 1.22. The lowest BCUT2D eigenvalue weighted by molar-refractivity contribution is 0.0251. The van der Waals surface area contributed by atoms with Crippen molar-refractivity contribution in [1.29, 1.82) is 0 Å². The van der Waals surface area contributed by atoms with Crippen molar-refractivity contribution in [2.45, 2.75) is 38.4 Å². The Morgan fingerprint density at radius 2 is 1.96 bits per heavy atom. The molecule has 3 atom stereocenters. The molecule has 2 aliphatic heterocycles. The lowest BCUT2D eigenvalue weighted by atomic mass is 10.0. The van der Waals surface area contributed by atoms with Crippen molar-refractivity contribution >= 4 is 6.08 Å². The molecule has 1 aromatic rings. The number of ether oxygens (including phenoxy) is 2. The Hall–Kier alpha value is -1.36. The fourth-order valence-electron chi connectivity index (χ4n) is 3.52. The molecule has 0 spiro atoms. The Labute approximate surface area is 145 Å². The van der Waals surface area contributed by atoms with E-state index < -0.39 is 0 Å². The van der Waals surface area contributed by atoms with E-state index in [1.165, 1.54) is 12.0 Å². The number of rotatable bonds is 7. The molecule has 4 heteroatoms. The van der Waals surface area contributed by atoms with E-state index in [4.69, 9.17) is 9.47 Å². The highest BCUT2D eigenvalue weighted by Gasteiger charge is 2.43. The summed E-state index contributed by atoms with van der Waals surface area (Å²) in [6.07, 6.45) is 5.86. The summed E-state index contributed by atoms with van der Waals surface area (Å²) in [4.78, 5) is 2.56. The Morgan fingerprint density at radius 1 is 1.25 bits per heavy atom. The molecule has 3 rings (SSSR count). The summed E-state index contributed by atoms with van der Waals surface area (Å²) in [6, 6.07) is 9.91. The molecule has 1 N–H and O–H groups in total. The average Bonchev–Trinajstić information content (AvgIpc) is 3.34. The molecule has 0 bridgehead atoms. The van der Waals surface area contributed by atoms with Gasteiger partial charge < -0.3 is 14.8 Å². The number of hydrogen-bond donors (Lipinski definition) is 1. The SMILES string of the molecule is COc1ccc(/C=C/C(C2NC2CC(C)C)N2CCOCC2)cc1. The third-order valence-electron chi connectivity index (χ3n) is 4.89. The van der Waals surface area contributed by atoms with Crippen LogP contribution in [0.3, 0.4) is 0 Å². The predicted molar refractivity (Wildman–Crippen MR) is 98.4 cm³/mol. The molecule has 2 heterocycles. The molecule has 0 aromatic heterocycles. The third kappa shape index (κ3) is 4.59. The van der Waals surface area contributed by atoms with Gasteiger partial charge >= 0.3 is 0 Å². The van der Waals surface area contributed by atoms with Gasteiger partial charge in [0.2, 0.25) is 0 Å². The summed E-state index contributed by atoms with van der Waals surface area (Å²) < 4.78 is 10.8. The van der Waals surface area contributed by atoms with Gasteiger partial charge in [-0.3, -0.25) is 4.90 Å². The number of morpholine rings is 1. The number of hydrogen-bond acceptors (Lipinski definition) is 4. The molecule has 0 saturated carbocycles. The molecule has 0 aliphatic carbocycles. The van der Waals surface area contributed by atoms with Crippen LogP contribution in [0.5, 0.6) is 5.75 Å². The van der Waals surface area contributed by atoms with Crippen LogP contribution in [-0.4, -0.2) is 56.4 Å². The maximum atomic E-state index is 5.53. The van der Waals surface area contributed by atoms with Crippen LogP contribution in [0, 0.1) is 5.92 Å². The molecule has 1 aromatic carbocycles. The third-order valence-corrected chi connectivity index (χ3v) is 4.89. The van der Waals surface area contributed by atoms with Gasteiger partial charge in [-0.2, -0.15) is 0 Å². The fraction of sp³-hybridized carbons (Fsp3) is 0.600. The summed E-state index contributed by atoms with van der Waals surface area (Å²) >= 11 is 0. The Bertz CT molecular complexity index is 535. The van der Waals surface area contributed by atoms with Crippen molar-refractivity contribution in [3.8, 4) is 5.75 Å². The van der Waals surface area contributed by atoms with Crippen molar-refractivity contribution < 1.29 is 9.47 Å². The Kier molecular flexibility index (Phi) is 5.93. The zero-order chi connectivity index (χ0) is 16.9. The van der Waals surface area contributed by atoms with Crippen molar-refractivity contribution in [2.75, 3.05) is 33.4 Å². The molecule has 2 saturated heterocycles. The summed E-state index contributed by atoms with van der Waals surface area (Å²) in [5, 5.41) is 3.70. The monoisotopic (exact) mass is 330 g/mol. The first kappa shape index (κ1) is 17.5. The molecule has 2 aliphatic rings. The molecule has 132 valence electrons. The second-order valence-electron chi connectivity index (χ2n) is 7.20. The highest BCUT2D eigenvalue weighted by Crippen LogP contribution is 2.27. The molecule has 3 unspecified atom stereocenters. The normalized spacial score (nSPS) is 26.0. The van der Waals surface area contributed by atoms with Crippen molar-refractivity contribution in [2.24, 2.45) is 5.92 Å². The number of methoxy groups -OCH3 is 1. The van der Waals surface area contributed by atoms with E-state index in [0.717, 1.165) is 38.0 Å². The average molecular weight is 330 g/mol. The lowest BCUT2D eigenvalue weighted by Crippen LogP contribution is -2.46. The zero-order valence-corrected chi connectivity index (χ0v) is 15.1. The minimum absolute atomic E-state index is 0.444. The first-order valence-electron chi connectivity index (χ1n) is 9.07. The first-order chi connectivity index (χ1) is 11.7. The molecular weight excluding hydrogens is 300 g/mol. The Balaban J connectivity index is 1.68. The minimum atomic E-state index is 0.444.